The Morgan fingerprint density at radius 1 is 1.06 bits per heavy atom. The van der Waals surface area contributed by atoms with Crippen LogP contribution in [-0.2, 0) is 14.3 Å². The van der Waals surface area contributed by atoms with Crippen LogP contribution in [0.3, 0.4) is 0 Å². The molecule has 166 valence electrons. The highest BCUT2D eigenvalue weighted by atomic mass is 16.5. The molecule has 3 N–H and O–H groups in total. The van der Waals surface area contributed by atoms with Crippen LogP contribution in [0.15, 0.2) is 60.7 Å². The van der Waals surface area contributed by atoms with Gasteiger partial charge in [0.15, 0.2) is 0 Å². The van der Waals surface area contributed by atoms with Crippen LogP contribution in [0.25, 0.3) is 11.1 Å². The summed E-state index contributed by atoms with van der Waals surface area (Å²) >= 11 is 0. The number of hydrogen-bond donors (Lipinski definition) is 3. The van der Waals surface area contributed by atoms with Crippen molar-refractivity contribution in [2.24, 2.45) is 5.92 Å². The molecule has 2 aromatic rings. The van der Waals surface area contributed by atoms with Crippen molar-refractivity contribution in [2.75, 3.05) is 6.61 Å². The fourth-order valence-corrected chi connectivity index (χ4v) is 4.39. The maximum Gasteiger partial charge on any atom is 0.407 e. The van der Waals surface area contributed by atoms with Crippen LogP contribution in [-0.4, -0.2) is 41.8 Å². The third-order valence-electron chi connectivity index (χ3n) is 6.07. The molecule has 2 aliphatic rings. The SMILES string of the molecule is C[C@H](NC(=O)C1CC=CC(NC(=O)OCC2c3ccccc3-c3ccccc32)C1)C(=O)O. The Bertz CT molecular complexity index is 1020. The fourth-order valence-electron chi connectivity index (χ4n) is 4.39. The molecule has 2 aliphatic carbocycles. The first-order valence-electron chi connectivity index (χ1n) is 10.8. The van der Waals surface area contributed by atoms with Crippen LogP contribution in [0.1, 0.15) is 36.8 Å². The van der Waals surface area contributed by atoms with E-state index in [1.54, 1.807) is 0 Å². The zero-order valence-corrected chi connectivity index (χ0v) is 17.8. The Labute approximate surface area is 186 Å². The van der Waals surface area contributed by atoms with E-state index in [0.29, 0.717) is 12.8 Å². The lowest BCUT2D eigenvalue weighted by molar-refractivity contribution is -0.142. The molecule has 0 spiro atoms. The van der Waals surface area contributed by atoms with Crippen molar-refractivity contribution in [3.8, 4) is 11.1 Å². The Hall–Kier alpha value is -3.61. The number of alkyl carbamates (subject to hydrolysis) is 1. The van der Waals surface area contributed by atoms with Crippen molar-refractivity contribution in [3.63, 3.8) is 0 Å². The van der Waals surface area contributed by atoms with Gasteiger partial charge in [0.2, 0.25) is 5.91 Å². The molecule has 2 unspecified atom stereocenters. The molecule has 0 bridgehead atoms. The third-order valence-corrected chi connectivity index (χ3v) is 6.07. The first kappa shape index (κ1) is 21.6. The Kier molecular flexibility index (Phi) is 6.25. The Morgan fingerprint density at radius 2 is 1.69 bits per heavy atom. The molecule has 4 rings (SSSR count). The molecule has 0 radical (unpaired) electrons. The monoisotopic (exact) mass is 434 g/mol. The number of allylic oxidation sites excluding steroid dienone is 1. The summed E-state index contributed by atoms with van der Waals surface area (Å²) in [6.45, 7) is 1.64. The first-order chi connectivity index (χ1) is 15.4. The summed E-state index contributed by atoms with van der Waals surface area (Å²) in [6, 6.07) is 15.0. The molecule has 7 heteroatoms. The number of fused-ring (bicyclic) bond motifs is 3. The van der Waals surface area contributed by atoms with Crippen molar-refractivity contribution in [1.29, 1.82) is 0 Å². The highest BCUT2D eigenvalue weighted by Crippen LogP contribution is 2.44. The van der Waals surface area contributed by atoms with E-state index in [4.69, 9.17) is 9.84 Å². The largest absolute Gasteiger partial charge is 0.480 e. The zero-order valence-electron chi connectivity index (χ0n) is 17.8. The molecule has 2 amide bonds. The van der Waals surface area contributed by atoms with Gasteiger partial charge in [0.25, 0.3) is 0 Å². The van der Waals surface area contributed by atoms with E-state index in [0.717, 1.165) is 22.3 Å². The molecule has 0 saturated carbocycles. The number of aliphatic carboxylic acids is 1. The second-order valence-electron chi connectivity index (χ2n) is 8.24. The van der Waals surface area contributed by atoms with E-state index in [2.05, 4.69) is 34.9 Å². The van der Waals surface area contributed by atoms with Gasteiger partial charge in [-0.3, -0.25) is 9.59 Å². The second kappa shape index (κ2) is 9.26. The molecule has 0 aromatic heterocycles. The fraction of sp³-hybridized carbons (Fsp3) is 0.320. The molecule has 0 heterocycles. The average Bonchev–Trinajstić information content (AvgIpc) is 3.11. The highest BCUT2D eigenvalue weighted by Gasteiger charge is 2.30. The van der Waals surface area contributed by atoms with Crippen LogP contribution in [0.2, 0.25) is 0 Å². The van der Waals surface area contributed by atoms with E-state index in [-0.39, 0.29) is 24.5 Å². The number of nitrogens with one attached hydrogen (secondary N) is 2. The van der Waals surface area contributed by atoms with E-state index in [1.165, 1.54) is 6.92 Å². The smallest absolute Gasteiger partial charge is 0.407 e. The minimum Gasteiger partial charge on any atom is -0.480 e. The van der Waals surface area contributed by atoms with Gasteiger partial charge in [-0.15, -0.1) is 0 Å². The lowest BCUT2D eigenvalue weighted by Gasteiger charge is -2.25. The average molecular weight is 434 g/mol. The second-order valence-corrected chi connectivity index (χ2v) is 8.24. The Morgan fingerprint density at radius 3 is 2.31 bits per heavy atom. The summed E-state index contributed by atoms with van der Waals surface area (Å²) in [5, 5.41) is 14.3. The van der Waals surface area contributed by atoms with Crippen molar-refractivity contribution < 1.29 is 24.2 Å². The first-order valence-corrected chi connectivity index (χ1v) is 10.8. The van der Waals surface area contributed by atoms with Crippen LogP contribution in [0.4, 0.5) is 4.79 Å². The van der Waals surface area contributed by atoms with Gasteiger partial charge >= 0.3 is 12.1 Å². The van der Waals surface area contributed by atoms with Crippen LogP contribution < -0.4 is 10.6 Å². The van der Waals surface area contributed by atoms with Crippen molar-refractivity contribution in [1.82, 2.24) is 10.6 Å². The topological polar surface area (TPSA) is 105 Å². The molecule has 3 atom stereocenters. The van der Waals surface area contributed by atoms with Crippen molar-refractivity contribution in [2.45, 2.75) is 37.8 Å². The number of rotatable bonds is 6. The van der Waals surface area contributed by atoms with Crippen LogP contribution >= 0.6 is 0 Å². The molecule has 0 aliphatic heterocycles. The number of hydrogen-bond acceptors (Lipinski definition) is 4. The maximum atomic E-state index is 12.5. The number of amides is 2. The third kappa shape index (κ3) is 4.51. The number of carboxylic acid groups (broad SMARTS) is 1. The summed E-state index contributed by atoms with van der Waals surface area (Å²) in [7, 11) is 0. The van der Waals surface area contributed by atoms with Gasteiger partial charge in [-0.1, -0.05) is 60.7 Å². The number of benzene rings is 2. The maximum absolute atomic E-state index is 12.5. The summed E-state index contributed by atoms with van der Waals surface area (Å²) in [5.74, 6) is -1.84. The number of ether oxygens (including phenoxy) is 1. The quantitative estimate of drug-likeness (QED) is 0.604. The standard InChI is InChI=1S/C25H26N2O5/c1-15(24(29)30)26-23(28)16-7-6-8-17(13-16)27-25(31)32-14-22-20-11-4-2-9-18(20)19-10-3-5-12-21(19)22/h2-6,8-12,15-17,22H,7,13-14H2,1H3,(H,26,28)(H,27,31)(H,29,30)/t15-,16?,17?/m0/s1. The van der Waals surface area contributed by atoms with Crippen LogP contribution in [0.5, 0.6) is 0 Å². The summed E-state index contributed by atoms with van der Waals surface area (Å²) < 4.78 is 5.57. The zero-order chi connectivity index (χ0) is 22.7. The summed E-state index contributed by atoms with van der Waals surface area (Å²) in [5.41, 5.74) is 4.61. The van der Waals surface area contributed by atoms with Gasteiger partial charge in [0, 0.05) is 11.8 Å². The summed E-state index contributed by atoms with van der Waals surface area (Å²) in [6.07, 6.45) is 4.01. The molecular weight excluding hydrogens is 408 g/mol. The molecular formula is C25H26N2O5. The predicted octanol–water partition coefficient (Wildman–Crippen LogP) is 3.45. The Balaban J connectivity index is 1.34. The number of carbonyl (C=O) groups is 3. The minimum absolute atomic E-state index is 0.0221. The molecule has 0 fully saturated rings. The van der Waals surface area contributed by atoms with E-state index >= 15 is 0 Å². The molecule has 0 saturated heterocycles. The number of carboxylic acids is 1. The van der Waals surface area contributed by atoms with E-state index in [1.807, 2.05) is 36.4 Å². The molecule has 32 heavy (non-hydrogen) atoms. The van der Waals surface area contributed by atoms with Gasteiger partial charge in [-0.25, -0.2) is 4.79 Å². The van der Waals surface area contributed by atoms with Gasteiger partial charge in [0.1, 0.15) is 12.6 Å². The molecule has 7 nitrogen and oxygen atoms in total. The predicted molar refractivity (Wildman–Crippen MR) is 119 cm³/mol. The van der Waals surface area contributed by atoms with Gasteiger partial charge in [-0.2, -0.15) is 0 Å². The molecule has 2 aromatic carbocycles. The number of carbonyl (C=O) groups excluding carboxylic acids is 2. The van der Waals surface area contributed by atoms with Gasteiger partial charge in [-0.05, 0) is 42.0 Å². The minimum atomic E-state index is -1.09. The summed E-state index contributed by atoms with van der Waals surface area (Å²) in [4.78, 5) is 35.8. The van der Waals surface area contributed by atoms with Gasteiger partial charge in [0.05, 0.1) is 6.04 Å². The van der Waals surface area contributed by atoms with Crippen LogP contribution in [0, 0.1) is 5.92 Å². The lowest BCUT2D eigenvalue weighted by atomic mass is 9.90. The normalized spacial score (nSPS) is 20.0. The van der Waals surface area contributed by atoms with Crippen molar-refractivity contribution >= 4 is 18.0 Å². The van der Waals surface area contributed by atoms with E-state index in [9.17, 15) is 14.4 Å². The van der Waals surface area contributed by atoms with Crippen molar-refractivity contribution in [3.05, 3.63) is 71.8 Å². The lowest BCUT2D eigenvalue weighted by Crippen LogP contribution is -2.45. The van der Waals surface area contributed by atoms with E-state index < -0.39 is 24.0 Å². The highest BCUT2D eigenvalue weighted by molar-refractivity contribution is 5.85. The van der Waals surface area contributed by atoms with Gasteiger partial charge < -0.3 is 20.5 Å².